The summed E-state index contributed by atoms with van der Waals surface area (Å²) in [6.45, 7) is 0. The van der Waals surface area contributed by atoms with Crippen molar-refractivity contribution in [3.8, 4) is 0 Å². The zero-order valence-corrected chi connectivity index (χ0v) is 4.90. The first-order valence-electron chi connectivity index (χ1n) is 0.795. The maximum absolute atomic E-state index is 8.97. The molecule has 0 amide bonds. The molecule has 0 aromatic heterocycles. The van der Waals surface area contributed by atoms with Gasteiger partial charge in [-0.2, -0.15) is 0 Å². The Kier molecular flexibility index (Phi) is 8.04. The van der Waals surface area contributed by atoms with Crippen molar-refractivity contribution in [3.63, 3.8) is 0 Å². The van der Waals surface area contributed by atoms with Gasteiger partial charge in [0.2, 0.25) is 0 Å². The molecule has 0 aliphatic rings. The van der Waals surface area contributed by atoms with Gasteiger partial charge in [-0.3, -0.25) is 5.26 Å². The third-order valence-corrected chi connectivity index (χ3v) is 0.224. The van der Waals surface area contributed by atoms with Gasteiger partial charge < -0.3 is 13.8 Å². The molecule has 0 rings (SSSR count). The molecule has 0 fully saturated rings. The van der Waals surface area contributed by atoms with E-state index in [1.165, 1.54) is 0 Å². The van der Waals surface area contributed by atoms with Crippen LogP contribution in [-0.4, -0.2) is 31.8 Å². The van der Waals surface area contributed by atoms with E-state index in [1.54, 1.807) is 0 Å². The van der Waals surface area contributed by atoms with Crippen LogP contribution in [0.15, 0.2) is 0 Å². The van der Waals surface area contributed by atoms with Gasteiger partial charge in [-0.25, -0.2) is 0 Å². The van der Waals surface area contributed by atoms with Crippen molar-refractivity contribution >= 4 is 26.5 Å². The van der Waals surface area contributed by atoms with Crippen molar-refractivity contribution in [2.45, 2.75) is 0 Å². The zero-order chi connectivity index (χ0) is 4.28. The van der Waals surface area contributed by atoms with Crippen LogP contribution >= 0.6 is 0 Å². The Morgan fingerprint density at radius 2 is 2.00 bits per heavy atom. The summed E-state index contributed by atoms with van der Waals surface area (Å²) in [4.78, 5) is 8.97. The maximum Gasteiger partial charge on any atom is 3.00 e. The van der Waals surface area contributed by atoms with Crippen LogP contribution < -0.4 is 4.80 Å². The van der Waals surface area contributed by atoms with Crippen LogP contribution in [0, 0.1) is 0 Å². The molecule has 0 heterocycles. The Hall–Kier alpha value is 0.109. The zero-order valence-electron chi connectivity index (χ0n) is 2.75. The summed E-state index contributed by atoms with van der Waals surface area (Å²) in [5.74, 6) is 0. The van der Waals surface area contributed by atoms with E-state index in [4.69, 9.17) is 14.5 Å². The molecular formula is HAlO4Si+2. The SMILES string of the molecule is O=[Si]([O-])OO.[Al+3]. The molecule has 1 N–H and O–H groups in total. The molecule has 0 aliphatic carbocycles. The molecule has 0 atom stereocenters. The van der Waals surface area contributed by atoms with Gasteiger partial charge in [0.15, 0.2) is 0 Å². The van der Waals surface area contributed by atoms with Gasteiger partial charge in [-0.05, 0) is 0 Å². The molecule has 0 saturated carbocycles. The Morgan fingerprint density at radius 1 is 1.83 bits per heavy atom. The Bertz CT molecular complexity index is 42.8. The monoisotopic (exact) mass is 120 g/mol. The summed E-state index contributed by atoms with van der Waals surface area (Å²) in [7, 11) is -3.32. The Labute approximate surface area is 46.3 Å². The fourth-order valence-corrected chi connectivity index (χ4v) is 0. The fraction of sp³-hybridized carbons (Fsp3) is 0. The van der Waals surface area contributed by atoms with Crippen molar-refractivity contribution in [1.29, 1.82) is 0 Å². The van der Waals surface area contributed by atoms with E-state index < -0.39 is 9.17 Å². The average Bonchev–Trinajstić information content (AvgIpc) is 1.38. The number of rotatable bonds is 1. The molecule has 4 nitrogen and oxygen atoms in total. The predicted molar refractivity (Wildman–Crippen MR) is 15.9 cm³/mol. The van der Waals surface area contributed by atoms with Gasteiger partial charge in [0.1, 0.15) is 0 Å². The molecule has 0 bridgehead atoms. The van der Waals surface area contributed by atoms with Crippen molar-refractivity contribution < 1.29 is 19.1 Å². The third-order valence-electron chi connectivity index (χ3n) is 0.0745. The standard InChI is InChI=1S/Al.HO4Si/c;1-4-5(2)3/h;1H/q+3;-1. The van der Waals surface area contributed by atoms with Gasteiger partial charge >= 0.3 is 26.5 Å². The molecule has 0 aromatic carbocycles. The molecule has 6 heteroatoms. The Balaban J connectivity index is 0. The number of hydrogen-bond donors (Lipinski definition) is 1. The molecule has 0 radical (unpaired) electrons. The molecule has 30 valence electrons. The Morgan fingerprint density at radius 3 is 2.00 bits per heavy atom. The van der Waals surface area contributed by atoms with Crippen LogP contribution in [0.3, 0.4) is 0 Å². The summed E-state index contributed by atoms with van der Waals surface area (Å²) in [6.07, 6.45) is 0. The maximum atomic E-state index is 8.97. The van der Waals surface area contributed by atoms with Gasteiger partial charge in [-0.15, -0.1) is 0 Å². The largest absolute Gasteiger partial charge is 3.00 e. The normalized spacial score (nSPS) is 5.50. The number of hydrogen-bond acceptors (Lipinski definition) is 4. The summed E-state index contributed by atoms with van der Waals surface area (Å²) in [5.41, 5.74) is 0. The van der Waals surface area contributed by atoms with E-state index in [9.17, 15) is 0 Å². The average molecular weight is 120 g/mol. The van der Waals surface area contributed by atoms with Gasteiger partial charge in [0, 0.05) is 0 Å². The van der Waals surface area contributed by atoms with E-state index in [2.05, 4.69) is 4.58 Å². The van der Waals surface area contributed by atoms with Crippen molar-refractivity contribution in [2.24, 2.45) is 0 Å². The van der Waals surface area contributed by atoms with Crippen LogP contribution in [0.25, 0.3) is 0 Å². The molecule has 0 spiro atoms. The van der Waals surface area contributed by atoms with Crippen molar-refractivity contribution in [1.82, 2.24) is 0 Å². The van der Waals surface area contributed by atoms with Gasteiger partial charge in [0.05, 0.1) is 0 Å². The quantitative estimate of drug-likeness (QED) is 0.244. The van der Waals surface area contributed by atoms with Gasteiger partial charge in [-0.1, -0.05) is 0 Å². The van der Waals surface area contributed by atoms with Crippen molar-refractivity contribution in [2.75, 3.05) is 0 Å². The summed E-state index contributed by atoms with van der Waals surface area (Å²) in [6, 6.07) is 0. The van der Waals surface area contributed by atoms with E-state index in [1.807, 2.05) is 0 Å². The minimum Gasteiger partial charge on any atom is -0.478 e. The van der Waals surface area contributed by atoms with Gasteiger partial charge in [0.25, 0.3) is 0 Å². The molecular weight excluding hydrogens is 119 g/mol. The summed E-state index contributed by atoms with van der Waals surface area (Å²) in [5, 5.41) is 7.06. The van der Waals surface area contributed by atoms with E-state index in [0.29, 0.717) is 0 Å². The van der Waals surface area contributed by atoms with Crippen LogP contribution in [0.2, 0.25) is 0 Å². The van der Waals surface area contributed by atoms with Crippen LogP contribution in [0.1, 0.15) is 0 Å². The minimum atomic E-state index is -3.32. The first kappa shape index (κ1) is 9.44. The second-order valence-corrected chi connectivity index (χ2v) is 1.02. The molecule has 0 unspecified atom stereocenters. The summed E-state index contributed by atoms with van der Waals surface area (Å²) >= 11 is 0. The van der Waals surface area contributed by atoms with E-state index >= 15 is 0 Å². The van der Waals surface area contributed by atoms with Crippen molar-refractivity contribution in [3.05, 3.63) is 0 Å². The third kappa shape index (κ3) is 8.93. The smallest absolute Gasteiger partial charge is 0.478 e. The molecule has 0 saturated heterocycles. The summed E-state index contributed by atoms with van der Waals surface area (Å²) < 4.78 is 11.7. The first-order valence-corrected chi connectivity index (χ1v) is 2.02. The topological polar surface area (TPSA) is 69.6 Å². The molecule has 0 aliphatic heterocycles. The predicted octanol–water partition coefficient (Wildman–Crippen LogP) is -2.13. The van der Waals surface area contributed by atoms with Crippen LogP contribution in [-0.2, 0) is 9.04 Å². The van der Waals surface area contributed by atoms with E-state index in [0.717, 1.165) is 0 Å². The second-order valence-electron chi connectivity index (χ2n) is 0.341. The van der Waals surface area contributed by atoms with Crippen LogP contribution in [0.4, 0.5) is 0 Å². The minimum absolute atomic E-state index is 0. The van der Waals surface area contributed by atoms with E-state index in [-0.39, 0.29) is 17.4 Å². The fourth-order valence-electron chi connectivity index (χ4n) is 0. The second kappa shape index (κ2) is 5.11. The molecule has 0 aromatic rings. The first-order chi connectivity index (χ1) is 2.27. The van der Waals surface area contributed by atoms with Crippen LogP contribution in [0.5, 0.6) is 0 Å². The molecule has 6 heavy (non-hydrogen) atoms.